The number of hydrogen-bond acceptors (Lipinski definition) is 3. The molecule has 1 aromatic rings. The number of hydrogen-bond donors (Lipinski definition) is 1. The number of carbonyl (C=O) groups excluding carboxylic acids is 1. The molecule has 0 fully saturated rings. The first-order valence-electron chi connectivity index (χ1n) is 4.53. The van der Waals surface area contributed by atoms with Crippen molar-refractivity contribution in [2.24, 2.45) is 7.05 Å². The third kappa shape index (κ3) is 5.16. The lowest BCUT2D eigenvalue weighted by Crippen LogP contribution is -2.28. The molecule has 1 aromatic heterocycles. The maximum absolute atomic E-state index is 11.7. The number of hydroxylamine groups is 1. The van der Waals surface area contributed by atoms with E-state index in [1.165, 1.54) is 17.0 Å². The molecule has 5 nitrogen and oxygen atoms in total. The van der Waals surface area contributed by atoms with Gasteiger partial charge in [-0.1, -0.05) is 0 Å². The Kier molecular flexibility index (Phi) is 4.27. The average molecular weight is 249 g/mol. The second kappa shape index (κ2) is 5.48. The summed E-state index contributed by atoms with van der Waals surface area (Å²) >= 11 is 0. The van der Waals surface area contributed by atoms with Gasteiger partial charge in [-0.2, -0.15) is 18.3 Å². The van der Waals surface area contributed by atoms with Crippen molar-refractivity contribution in [3.05, 3.63) is 24.0 Å². The minimum atomic E-state index is -4.47. The molecule has 0 spiro atoms. The van der Waals surface area contributed by atoms with Crippen molar-refractivity contribution in [2.75, 3.05) is 6.61 Å². The number of nitrogens with one attached hydrogen (secondary N) is 1. The summed E-state index contributed by atoms with van der Waals surface area (Å²) in [6.45, 7) is -1.53. The molecule has 0 saturated heterocycles. The lowest BCUT2D eigenvalue weighted by Gasteiger charge is -2.06. The van der Waals surface area contributed by atoms with Crippen molar-refractivity contribution in [3.63, 3.8) is 0 Å². The molecular weight excluding hydrogens is 239 g/mol. The van der Waals surface area contributed by atoms with Gasteiger partial charge in [0, 0.05) is 19.3 Å². The molecule has 1 rings (SSSR count). The molecule has 1 amide bonds. The molecular formula is C9H10F3N3O2. The van der Waals surface area contributed by atoms with Crippen molar-refractivity contribution in [1.82, 2.24) is 15.3 Å². The zero-order valence-corrected chi connectivity index (χ0v) is 8.86. The van der Waals surface area contributed by atoms with Crippen LogP contribution in [0.5, 0.6) is 0 Å². The Labute approximate surface area is 94.8 Å². The number of amides is 1. The minimum absolute atomic E-state index is 0.635. The molecule has 1 N–H and O–H groups in total. The Morgan fingerprint density at radius 1 is 1.65 bits per heavy atom. The van der Waals surface area contributed by atoms with Crippen LogP contribution in [-0.4, -0.2) is 28.5 Å². The Balaban J connectivity index is 2.35. The van der Waals surface area contributed by atoms with Gasteiger partial charge in [0.05, 0.1) is 5.69 Å². The minimum Gasteiger partial charge on any atom is -0.269 e. The van der Waals surface area contributed by atoms with E-state index in [-0.39, 0.29) is 0 Å². The van der Waals surface area contributed by atoms with Crippen molar-refractivity contribution in [3.8, 4) is 0 Å². The summed E-state index contributed by atoms with van der Waals surface area (Å²) in [6, 6.07) is 1.64. The van der Waals surface area contributed by atoms with Gasteiger partial charge in [-0.25, -0.2) is 5.48 Å². The fraction of sp³-hybridized carbons (Fsp3) is 0.333. The Morgan fingerprint density at radius 3 is 2.88 bits per heavy atom. The lowest BCUT2D eigenvalue weighted by molar-refractivity contribution is -0.190. The number of aromatic nitrogens is 2. The number of nitrogens with zero attached hydrogens (tertiary/aromatic N) is 2. The van der Waals surface area contributed by atoms with E-state index in [4.69, 9.17) is 0 Å². The predicted molar refractivity (Wildman–Crippen MR) is 52.4 cm³/mol. The normalized spacial score (nSPS) is 12.0. The Morgan fingerprint density at radius 2 is 2.35 bits per heavy atom. The fourth-order valence-corrected chi connectivity index (χ4v) is 0.932. The SMILES string of the molecule is Cn1nccc1/C=C/C(=O)NOCC(F)(F)F. The first-order valence-corrected chi connectivity index (χ1v) is 4.53. The van der Waals surface area contributed by atoms with Crippen LogP contribution in [0.4, 0.5) is 13.2 Å². The fourth-order valence-electron chi connectivity index (χ4n) is 0.932. The molecule has 0 aromatic carbocycles. The summed E-state index contributed by atoms with van der Waals surface area (Å²) in [6.07, 6.45) is -0.497. The average Bonchev–Trinajstić information content (AvgIpc) is 2.59. The van der Waals surface area contributed by atoms with Gasteiger partial charge >= 0.3 is 6.18 Å². The largest absolute Gasteiger partial charge is 0.414 e. The molecule has 0 aliphatic carbocycles. The maximum atomic E-state index is 11.7. The molecule has 0 unspecified atom stereocenters. The predicted octanol–water partition coefficient (Wildman–Crippen LogP) is 1.04. The molecule has 0 aliphatic rings. The summed E-state index contributed by atoms with van der Waals surface area (Å²) < 4.78 is 36.5. The quantitative estimate of drug-likeness (QED) is 0.640. The van der Waals surface area contributed by atoms with Crippen LogP contribution >= 0.6 is 0 Å². The highest BCUT2D eigenvalue weighted by Crippen LogP contribution is 2.13. The van der Waals surface area contributed by atoms with Crippen molar-refractivity contribution < 1.29 is 22.8 Å². The second-order valence-corrected chi connectivity index (χ2v) is 3.08. The van der Waals surface area contributed by atoms with E-state index in [0.29, 0.717) is 5.69 Å². The van der Waals surface area contributed by atoms with Gasteiger partial charge in [0.25, 0.3) is 5.91 Å². The van der Waals surface area contributed by atoms with E-state index in [2.05, 4.69) is 9.94 Å². The van der Waals surface area contributed by atoms with Crippen LogP contribution < -0.4 is 5.48 Å². The van der Waals surface area contributed by atoms with Crippen molar-refractivity contribution >= 4 is 12.0 Å². The van der Waals surface area contributed by atoms with E-state index >= 15 is 0 Å². The Bertz CT molecular complexity index is 412. The van der Waals surface area contributed by atoms with Gasteiger partial charge in [0.2, 0.25) is 0 Å². The molecule has 0 aliphatic heterocycles. The number of halogens is 3. The van der Waals surface area contributed by atoms with Gasteiger partial charge < -0.3 is 0 Å². The molecule has 0 atom stereocenters. The van der Waals surface area contributed by atoms with Crippen LogP contribution in [0.2, 0.25) is 0 Å². The van der Waals surface area contributed by atoms with Crippen LogP contribution in [0.15, 0.2) is 18.3 Å². The van der Waals surface area contributed by atoms with Crippen molar-refractivity contribution in [2.45, 2.75) is 6.18 Å². The monoisotopic (exact) mass is 249 g/mol. The van der Waals surface area contributed by atoms with Gasteiger partial charge in [-0.15, -0.1) is 0 Å². The first kappa shape index (κ1) is 13.2. The van der Waals surface area contributed by atoms with E-state index < -0.39 is 18.7 Å². The molecule has 94 valence electrons. The molecule has 8 heteroatoms. The summed E-state index contributed by atoms with van der Waals surface area (Å²) in [5, 5.41) is 3.84. The van der Waals surface area contributed by atoms with Crippen LogP contribution in [0.25, 0.3) is 6.08 Å². The highest BCUT2D eigenvalue weighted by Gasteiger charge is 2.28. The zero-order valence-electron chi connectivity index (χ0n) is 8.86. The first-order chi connectivity index (χ1) is 7.88. The summed E-state index contributed by atoms with van der Waals surface area (Å²) in [5.74, 6) is -0.782. The van der Waals surface area contributed by atoms with Gasteiger partial charge in [-0.3, -0.25) is 14.3 Å². The van der Waals surface area contributed by atoms with E-state index in [1.807, 2.05) is 0 Å². The maximum Gasteiger partial charge on any atom is 0.414 e. The summed E-state index contributed by atoms with van der Waals surface area (Å²) in [5.41, 5.74) is 2.28. The molecule has 0 saturated carbocycles. The standard InChI is InChI=1S/C9H10F3N3O2/c1-15-7(4-5-13-15)2-3-8(16)14-17-6-9(10,11)12/h2-5H,6H2,1H3,(H,14,16)/b3-2+. The van der Waals surface area contributed by atoms with Crippen molar-refractivity contribution in [1.29, 1.82) is 0 Å². The molecule has 0 radical (unpaired) electrons. The van der Waals surface area contributed by atoms with Crippen LogP contribution in [0.1, 0.15) is 5.69 Å². The van der Waals surface area contributed by atoms with E-state index in [1.54, 1.807) is 18.6 Å². The summed E-state index contributed by atoms with van der Waals surface area (Å²) in [4.78, 5) is 15.0. The smallest absolute Gasteiger partial charge is 0.269 e. The second-order valence-electron chi connectivity index (χ2n) is 3.08. The van der Waals surface area contributed by atoms with Crippen LogP contribution in [0, 0.1) is 0 Å². The number of aryl methyl sites for hydroxylation is 1. The van der Waals surface area contributed by atoms with Gasteiger partial charge in [0.1, 0.15) is 0 Å². The third-order valence-electron chi connectivity index (χ3n) is 1.67. The zero-order chi connectivity index (χ0) is 12.9. The molecule has 17 heavy (non-hydrogen) atoms. The van der Waals surface area contributed by atoms with E-state index in [0.717, 1.165) is 6.08 Å². The Hall–Kier alpha value is -1.83. The number of carbonyl (C=O) groups is 1. The van der Waals surface area contributed by atoms with Gasteiger partial charge in [-0.05, 0) is 12.1 Å². The number of alkyl halides is 3. The molecule has 0 bridgehead atoms. The van der Waals surface area contributed by atoms with Crippen LogP contribution in [0.3, 0.4) is 0 Å². The summed E-state index contributed by atoms with van der Waals surface area (Å²) in [7, 11) is 1.66. The molecule has 1 heterocycles. The highest BCUT2D eigenvalue weighted by atomic mass is 19.4. The highest BCUT2D eigenvalue weighted by molar-refractivity contribution is 5.90. The van der Waals surface area contributed by atoms with E-state index in [9.17, 15) is 18.0 Å². The topological polar surface area (TPSA) is 56.2 Å². The van der Waals surface area contributed by atoms with Gasteiger partial charge in [0.15, 0.2) is 6.61 Å². The number of rotatable bonds is 4. The lowest BCUT2D eigenvalue weighted by atomic mass is 10.4. The third-order valence-corrected chi connectivity index (χ3v) is 1.67. The van der Waals surface area contributed by atoms with Crippen LogP contribution in [-0.2, 0) is 16.7 Å².